The van der Waals surface area contributed by atoms with Gasteiger partial charge in [0.05, 0.1) is 10.6 Å². The summed E-state index contributed by atoms with van der Waals surface area (Å²) in [5.74, 6) is 6.15. The van der Waals surface area contributed by atoms with Crippen LogP contribution < -0.4 is 4.72 Å². The highest BCUT2D eigenvalue weighted by atomic mass is 32.2. The van der Waals surface area contributed by atoms with Gasteiger partial charge in [-0.25, -0.2) is 8.42 Å². The second-order valence-electron chi connectivity index (χ2n) is 6.08. The van der Waals surface area contributed by atoms with Gasteiger partial charge in [0.2, 0.25) is 0 Å². The van der Waals surface area contributed by atoms with Crippen LogP contribution in [0.2, 0.25) is 0 Å². The van der Waals surface area contributed by atoms with E-state index in [2.05, 4.69) is 16.6 Å². The first-order valence-corrected chi connectivity index (χ1v) is 9.69. The van der Waals surface area contributed by atoms with Gasteiger partial charge in [0.15, 0.2) is 0 Å². The molecule has 130 valence electrons. The third-order valence-electron chi connectivity index (χ3n) is 3.87. The average Bonchev–Trinajstić information content (AvgIpc) is 2.63. The molecule has 0 amide bonds. The summed E-state index contributed by atoms with van der Waals surface area (Å²) >= 11 is 0. The summed E-state index contributed by atoms with van der Waals surface area (Å²) < 4.78 is 28.0. The summed E-state index contributed by atoms with van der Waals surface area (Å²) in [6, 6.07) is 21.8. The normalized spacial score (nSPS) is 10.7. The van der Waals surface area contributed by atoms with Gasteiger partial charge >= 0.3 is 0 Å². The Hall–Kier alpha value is -3.03. The van der Waals surface area contributed by atoms with Crippen LogP contribution in [-0.2, 0) is 10.0 Å². The number of nitrogens with one attached hydrogen (secondary N) is 1. The Bertz CT molecular complexity index is 1070. The lowest BCUT2D eigenvalue weighted by Gasteiger charge is -2.11. The number of sulfonamides is 1. The van der Waals surface area contributed by atoms with Crippen LogP contribution in [-0.4, -0.2) is 8.42 Å². The van der Waals surface area contributed by atoms with Gasteiger partial charge in [-0.05, 0) is 55.8 Å². The molecule has 0 aliphatic rings. The molecular weight excluding hydrogens is 342 g/mol. The molecule has 0 saturated heterocycles. The highest BCUT2D eigenvalue weighted by Crippen LogP contribution is 2.21. The van der Waals surface area contributed by atoms with Crippen molar-refractivity contribution in [3.05, 3.63) is 95.1 Å². The number of hydrogen-bond donors (Lipinski definition) is 1. The molecule has 0 unspecified atom stereocenters. The van der Waals surface area contributed by atoms with Crippen molar-refractivity contribution in [3.8, 4) is 11.8 Å². The molecule has 3 aromatic carbocycles. The van der Waals surface area contributed by atoms with E-state index < -0.39 is 10.0 Å². The fourth-order valence-corrected chi connectivity index (χ4v) is 3.51. The van der Waals surface area contributed by atoms with Gasteiger partial charge in [0.1, 0.15) is 0 Å². The molecule has 0 atom stereocenters. The van der Waals surface area contributed by atoms with E-state index in [0.717, 1.165) is 16.7 Å². The molecule has 0 bridgehead atoms. The second-order valence-corrected chi connectivity index (χ2v) is 7.77. The Morgan fingerprint density at radius 1 is 0.769 bits per heavy atom. The molecule has 0 aliphatic heterocycles. The molecule has 4 heteroatoms. The minimum absolute atomic E-state index is 0.227. The maximum atomic E-state index is 12.7. The topological polar surface area (TPSA) is 46.2 Å². The van der Waals surface area contributed by atoms with Crippen LogP contribution in [0.15, 0.2) is 77.7 Å². The van der Waals surface area contributed by atoms with Gasteiger partial charge in [-0.3, -0.25) is 4.72 Å². The molecule has 0 heterocycles. The molecule has 26 heavy (non-hydrogen) atoms. The monoisotopic (exact) mass is 361 g/mol. The SMILES string of the molecule is Cc1ccc(S(=O)(=O)Nc2ccc(C)cc2C#Cc2ccccc2)cc1. The zero-order valence-corrected chi connectivity index (χ0v) is 15.5. The molecular formula is C22H19NO2S. The van der Waals surface area contributed by atoms with Gasteiger partial charge < -0.3 is 0 Å². The van der Waals surface area contributed by atoms with Crippen LogP contribution >= 0.6 is 0 Å². The third-order valence-corrected chi connectivity index (χ3v) is 5.25. The quantitative estimate of drug-likeness (QED) is 0.698. The maximum absolute atomic E-state index is 12.7. The molecule has 0 saturated carbocycles. The van der Waals surface area contributed by atoms with Crippen LogP contribution in [0.5, 0.6) is 0 Å². The summed E-state index contributed by atoms with van der Waals surface area (Å²) in [6.07, 6.45) is 0. The molecule has 0 fully saturated rings. The standard InChI is InChI=1S/C22H19NO2S/c1-17-8-13-21(14-9-17)26(24,25)23-22-15-10-18(2)16-20(22)12-11-19-6-4-3-5-7-19/h3-10,13-16,23H,1-2H3. The van der Waals surface area contributed by atoms with Gasteiger partial charge in [-0.2, -0.15) is 0 Å². The predicted octanol–water partition coefficient (Wildman–Crippen LogP) is 4.50. The lowest BCUT2D eigenvalue weighted by molar-refractivity contribution is 0.601. The van der Waals surface area contributed by atoms with Crippen molar-refractivity contribution in [3.63, 3.8) is 0 Å². The number of aryl methyl sites for hydroxylation is 2. The molecule has 3 nitrogen and oxygen atoms in total. The zero-order chi connectivity index (χ0) is 18.6. The third kappa shape index (κ3) is 4.33. The van der Waals surface area contributed by atoms with Crippen LogP contribution in [0.1, 0.15) is 22.3 Å². The smallest absolute Gasteiger partial charge is 0.261 e. The molecule has 3 rings (SSSR count). The predicted molar refractivity (Wildman–Crippen MR) is 106 cm³/mol. The lowest BCUT2D eigenvalue weighted by Crippen LogP contribution is -2.13. The van der Waals surface area contributed by atoms with Crippen LogP contribution in [0.4, 0.5) is 5.69 Å². The van der Waals surface area contributed by atoms with E-state index in [0.29, 0.717) is 11.3 Å². The summed E-state index contributed by atoms with van der Waals surface area (Å²) in [4.78, 5) is 0.227. The number of anilines is 1. The van der Waals surface area contributed by atoms with Crippen molar-refractivity contribution in [2.45, 2.75) is 18.7 Å². The van der Waals surface area contributed by atoms with Gasteiger partial charge in [-0.1, -0.05) is 53.8 Å². The van der Waals surface area contributed by atoms with Gasteiger partial charge in [-0.15, -0.1) is 0 Å². The lowest BCUT2D eigenvalue weighted by atomic mass is 10.1. The van der Waals surface area contributed by atoms with Crippen molar-refractivity contribution in [2.24, 2.45) is 0 Å². The highest BCUT2D eigenvalue weighted by Gasteiger charge is 2.15. The fourth-order valence-electron chi connectivity index (χ4n) is 2.43. The summed E-state index contributed by atoms with van der Waals surface area (Å²) in [6.45, 7) is 3.87. The van der Waals surface area contributed by atoms with Crippen LogP contribution in [0.3, 0.4) is 0 Å². The maximum Gasteiger partial charge on any atom is 0.261 e. The molecule has 0 aliphatic carbocycles. The number of rotatable bonds is 3. The Kier molecular flexibility index (Phi) is 5.11. The first-order chi connectivity index (χ1) is 12.4. The van der Waals surface area contributed by atoms with E-state index in [1.165, 1.54) is 0 Å². The zero-order valence-electron chi connectivity index (χ0n) is 14.7. The van der Waals surface area contributed by atoms with E-state index >= 15 is 0 Å². The summed E-state index contributed by atoms with van der Waals surface area (Å²) in [5.41, 5.74) is 4.01. The molecule has 3 aromatic rings. The van der Waals surface area contributed by atoms with E-state index in [9.17, 15) is 8.42 Å². The summed E-state index contributed by atoms with van der Waals surface area (Å²) in [5, 5.41) is 0. The van der Waals surface area contributed by atoms with E-state index in [1.807, 2.05) is 56.3 Å². The molecule has 0 aromatic heterocycles. The van der Waals surface area contributed by atoms with Crippen LogP contribution in [0.25, 0.3) is 0 Å². The number of benzene rings is 3. The molecule has 0 spiro atoms. The minimum Gasteiger partial charge on any atom is -0.278 e. The molecule has 0 radical (unpaired) electrons. The number of hydrogen-bond acceptors (Lipinski definition) is 2. The van der Waals surface area contributed by atoms with Crippen molar-refractivity contribution in [1.29, 1.82) is 0 Å². The van der Waals surface area contributed by atoms with E-state index in [-0.39, 0.29) is 4.90 Å². The van der Waals surface area contributed by atoms with Gasteiger partial charge in [0, 0.05) is 11.1 Å². The van der Waals surface area contributed by atoms with Gasteiger partial charge in [0.25, 0.3) is 10.0 Å². The fraction of sp³-hybridized carbons (Fsp3) is 0.0909. The van der Waals surface area contributed by atoms with Crippen molar-refractivity contribution in [2.75, 3.05) is 4.72 Å². The van der Waals surface area contributed by atoms with Crippen molar-refractivity contribution >= 4 is 15.7 Å². The largest absolute Gasteiger partial charge is 0.278 e. The van der Waals surface area contributed by atoms with E-state index in [4.69, 9.17) is 0 Å². The Labute approximate surface area is 154 Å². The van der Waals surface area contributed by atoms with Crippen LogP contribution in [0, 0.1) is 25.7 Å². The second kappa shape index (κ2) is 7.47. The van der Waals surface area contributed by atoms with Crippen molar-refractivity contribution in [1.82, 2.24) is 0 Å². The highest BCUT2D eigenvalue weighted by molar-refractivity contribution is 7.92. The minimum atomic E-state index is -3.67. The Morgan fingerprint density at radius 3 is 2.12 bits per heavy atom. The Morgan fingerprint density at radius 2 is 1.42 bits per heavy atom. The van der Waals surface area contributed by atoms with Crippen molar-refractivity contribution < 1.29 is 8.42 Å². The first-order valence-electron chi connectivity index (χ1n) is 8.21. The average molecular weight is 361 g/mol. The Balaban J connectivity index is 1.96. The molecule has 1 N–H and O–H groups in total. The van der Waals surface area contributed by atoms with E-state index in [1.54, 1.807) is 30.3 Å². The first kappa shape index (κ1) is 17.8. The summed E-state index contributed by atoms with van der Waals surface area (Å²) in [7, 11) is -3.67.